The highest BCUT2D eigenvalue weighted by molar-refractivity contribution is 6.89. The number of anilines is 6. The summed E-state index contributed by atoms with van der Waals surface area (Å²) in [5.41, 5.74) is 19.2. The molecule has 374 valence electrons. The van der Waals surface area contributed by atoms with E-state index in [2.05, 4.69) is 301 Å². The Morgan fingerprint density at radius 2 is 0.628 bits per heavy atom. The molecule has 11 aromatic carbocycles. The normalized spacial score (nSPS) is 12.5. The fraction of sp³-hybridized carbons (Fsp3) is 0.0833. The van der Waals surface area contributed by atoms with E-state index in [0.717, 1.165) is 22.7 Å². The van der Waals surface area contributed by atoms with Gasteiger partial charge in [-0.1, -0.05) is 220 Å². The van der Waals surface area contributed by atoms with Gasteiger partial charge in [0.2, 0.25) is 0 Å². The van der Waals surface area contributed by atoms with E-state index in [1.165, 1.54) is 120 Å². The van der Waals surface area contributed by atoms with Crippen molar-refractivity contribution in [1.82, 2.24) is 8.80 Å². The zero-order valence-corrected chi connectivity index (χ0v) is 46.9. The Bertz CT molecular complexity index is 4490. The number of aromatic nitrogens is 2. The van der Waals surface area contributed by atoms with Crippen LogP contribution in [0.15, 0.2) is 243 Å². The van der Waals surface area contributed by atoms with Gasteiger partial charge in [-0.2, -0.15) is 0 Å². The van der Waals surface area contributed by atoms with Gasteiger partial charge in [-0.15, -0.1) is 0 Å². The molecule has 0 saturated carbocycles. The third-order valence-electron chi connectivity index (χ3n) is 16.7. The van der Waals surface area contributed by atoms with Crippen molar-refractivity contribution in [3.8, 4) is 22.3 Å². The second kappa shape index (κ2) is 17.3. The molecule has 15 rings (SSSR count). The smallest absolute Gasteiger partial charge is 0.0776 e. The Morgan fingerprint density at radius 3 is 1.01 bits per heavy atom. The van der Waals surface area contributed by atoms with E-state index >= 15 is 0 Å². The molecule has 0 amide bonds. The van der Waals surface area contributed by atoms with Gasteiger partial charge in [-0.05, 0) is 83.9 Å². The summed E-state index contributed by atoms with van der Waals surface area (Å²) >= 11 is 0. The molecule has 15 aromatic rings. The minimum Gasteiger partial charge on any atom is -0.309 e. The van der Waals surface area contributed by atoms with Crippen molar-refractivity contribution >= 4 is 137 Å². The van der Waals surface area contributed by atoms with E-state index in [1.807, 2.05) is 0 Å². The van der Waals surface area contributed by atoms with Gasteiger partial charge < -0.3 is 18.6 Å². The van der Waals surface area contributed by atoms with Gasteiger partial charge in [0.05, 0.1) is 72.0 Å². The number of fused-ring (bicyclic) bond motifs is 12. The van der Waals surface area contributed by atoms with Gasteiger partial charge in [0.15, 0.2) is 0 Å². The van der Waals surface area contributed by atoms with Crippen molar-refractivity contribution in [3.05, 3.63) is 243 Å². The Hall–Kier alpha value is -8.95. The zero-order chi connectivity index (χ0) is 52.6. The summed E-state index contributed by atoms with van der Waals surface area (Å²) in [5, 5.41) is 12.9. The molecule has 0 fully saturated rings. The maximum absolute atomic E-state index is 2.57. The summed E-state index contributed by atoms with van der Waals surface area (Å²) in [5.74, 6) is 0. The quantitative estimate of drug-likeness (QED) is 0.127. The first-order chi connectivity index (χ1) is 38.0. The molecular weight excluding hydrogens is 977 g/mol. The molecule has 0 unspecified atom stereocenters. The predicted molar refractivity (Wildman–Crippen MR) is 342 cm³/mol. The fourth-order valence-electron chi connectivity index (χ4n) is 12.9. The van der Waals surface area contributed by atoms with Gasteiger partial charge in [0.25, 0.3) is 0 Å². The number of rotatable bonds is 10. The SMILES string of the molecule is C[Si](C)(C)c1ccc(N(c2ccccc2)c2ccc3c4cc5c(cc4n4c6ccccc6c2c34)c2ccc(N(c3ccccc3)c3ccc([Si](C)(C)C)cc3-c3ccccc3)c3c4ccccc4n5c23)c(-c2ccccc2)c1. The van der Waals surface area contributed by atoms with Crippen molar-refractivity contribution in [2.24, 2.45) is 0 Å². The summed E-state index contributed by atoms with van der Waals surface area (Å²) in [6, 6.07) is 91.1. The highest BCUT2D eigenvalue weighted by Gasteiger charge is 2.30. The average Bonchev–Trinajstić information content (AvgIpc) is 2.91. The molecule has 0 aliphatic carbocycles. The molecule has 0 atom stereocenters. The maximum atomic E-state index is 2.57. The van der Waals surface area contributed by atoms with Crippen LogP contribution in [0.1, 0.15) is 0 Å². The summed E-state index contributed by atoms with van der Waals surface area (Å²) < 4.78 is 5.14. The summed E-state index contributed by atoms with van der Waals surface area (Å²) in [6.45, 7) is 14.7. The summed E-state index contributed by atoms with van der Waals surface area (Å²) in [7, 11) is -3.33. The van der Waals surface area contributed by atoms with E-state index in [0.29, 0.717) is 0 Å². The third-order valence-corrected chi connectivity index (χ3v) is 20.7. The van der Waals surface area contributed by atoms with Crippen LogP contribution in [-0.2, 0) is 0 Å². The molecule has 4 aromatic heterocycles. The van der Waals surface area contributed by atoms with Gasteiger partial charge in [-0.3, -0.25) is 0 Å². The number of hydrogen-bond acceptors (Lipinski definition) is 2. The lowest BCUT2D eigenvalue weighted by molar-refractivity contribution is 1.30. The molecule has 0 radical (unpaired) electrons. The molecule has 0 bridgehead atoms. The predicted octanol–water partition coefficient (Wildman–Crippen LogP) is 19.4. The largest absolute Gasteiger partial charge is 0.309 e. The zero-order valence-electron chi connectivity index (χ0n) is 44.9. The Morgan fingerprint density at radius 1 is 0.282 bits per heavy atom. The molecule has 0 N–H and O–H groups in total. The molecule has 0 spiro atoms. The van der Waals surface area contributed by atoms with E-state index in [4.69, 9.17) is 0 Å². The van der Waals surface area contributed by atoms with Gasteiger partial charge in [0.1, 0.15) is 0 Å². The van der Waals surface area contributed by atoms with E-state index < -0.39 is 16.1 Å². The van der Waals surface area contributed by atoms with E-state index in [9.17, 15) is 0 Å². The van der Waals surface area contributed by atoms with Crippen molar-refractivity contribution in [2.45, 2.75) is 39.3 Å². The highest BCUT2D eigenvalue weighted by Crippen LogP contribution is 2.53. The number of benzene rings is 11. The molecule has 0 aliphatic heterocycles. The lowest BCUT2D eigenvalue weighted by Crippen LogP contribution is -2.37. The second-order valence-corrected chi connectivity index (χ2v) is 33.5. The van der Waals surface area contributed by atoms with Crippen molar-refractivity contribution in [1.29, 1.82) is 0 Å². The van der Waals surface area contributed by atoms with E-state index in [1.54, 1.807) is 0 Å². The van der Waals surface area contributed by atoms with Crippen LogP contribution in [0.25, 0.3) is 98.4 Å². The molecule has 4 heterocycles. The van der Waals surface area contributed by atoms with Gasteiger partial charge in [0, 0.05) is 65.6 Å². The van der Waals surface area contributed by atoms with Crippen LogP contribution in [0.5, 0.6) is 0 Å². The van der Waals surface area contributed by atoms with Crippen LogP contribution in [0.4, 0.5) is 34.1 Å². The fourth-order valence-corrected chi connectivity index (χ4v) is 15.2. The Labute approximate surface area is 457 Å². The van der Waals surface area contributed by atoms with Crippen molar-refractivity contribution in [3.63, 3.8) is 0 Å². The first-order valence-corrected chi connectivity index (χ1v) is 34.4. The minimum atomic E-state index is -1.66. The van der Waals surface area contributed by atoms with Crippen LogP contribution in [0.2, 0.25) is 39.3 Å². The van der Waals surface area contributed by atoms with E-state index in [-0.39, 0.29) is 0 Å². The second-order valence-electron chi connectivity index (χ2n) is 23.3. The topological polar surface area (TPSA) is 15.3 Å². The van der Waals surface area contributed by atoms with Gasteiger partial charge in [-0.25, -0.2) is 0 Å². The third kappa shape index (κ3) is 6.96. The minimum absolute atomic E-state index is 1.13. The first-order valence-electron chi connectivity index (χ1n) is 27.4. The average molecular weight is 1040 g/mol. The van der Waals surface area contributed by atoms with Crippen molar-refractivity contribution in [2.75, 3.05) is 9.80 Å². The number of nitrogens with zero attached hydrogens (tertiary/aromatic N) is 4. The monoisotopic (exact) mass is 1030 g/mol. The molecule has 4 nitrogen and oxygen atoms in total. The van der Waals surface area contributed by atoms with Crippen LogP contribution in [-0.4, -0.2) is 24.9 Å². The molecule has 78 heavy (non-hydrogen) atoms. The molecule has 0 saturated heterocycles. The van der Waals surface area contributed by atoms with Crippen LogP contribution in [0.3, 0.4) is 0 Å². The number of para-hydroxylation sites is 4. The summed E-state index contributed by atoms with van der Waals surface area (Å²) in [4.78, 5) is 5.04. The lowest BCUT2D eigenvalue weighted by atomic mass is 9.99. The van der Waals surface area contributed by atoms with Crippen LogP contribution >= 0.6 is 0 Å². The highest BCUT2D eigenvalue weighted by atomic mass is 28.3. The molecule has 0 aliphatic rings. The first kappa shape index (κ1) is 46.4. The molecule has 6 heteroatoms. The van der Waals surface area contributed by atoms with Crippen LogP contribution in [0, 0.1) is 0 Å². The van der Waals surface area contributed by atoms with Gasteiger partial charge >= 0.3 is 0 Å². The lowest BCUT2D eigenvalue weighted by Gasteiger charge is -2.30. The molecular formula is C72H58N4Si2. The van der Waals surface area contributed by atoms with Crippen LogP contribution < -0.4 is 20.2 Å². The number of hydrogen-bond donors (Lipinski definition) is 0. The standard InChI is InChI=1S/C72H58N4Si2/c1-77(2,3)51-35-39-63(57(43-51)47-23-11-7-12-24-47)73(49-27-15-9-16-28-49)65-41-37-53-59-45-68-60(46-67(59)75-61-33-21-19-31-55(61)69(65)71(53)75)54-38-42-66(70-56-32-20-22-34-62(56)76(68)72(54)70)74(50-29-17-10-18-30-50)64-40-36-52(78(4,5)6)44-58(64)48-25-13-8-14-26-48/h7-46H,1-6H3. The van der Waals surface area contributed by atoms with Crippen molar-refractivity contribution < 1.29 is 0 Å². The Balaban J connectivity index is 1.00. The summed E-state index contributed by atoms with van der Waals surface area (Å²) in [6.07, 6.45) is 0. The Kier molecular flexibility index (Phi) is 10.3. The maximum Gasteiger partial charge on any atom is 0.0776 e.